The van der Waals surface area contributed by atoms with Crippen molar-refractivity contribution in [1.29, 1.82) is 0 Å². The van der Waals surface area contributed by atoms with Gasteiger partial charge in [0.25, 0.3) is 0 Å². The van der Waals surface area contributed by atoms with E-state index >= 15 is 0 Å². The van der Waals surface area contributed by atoms with Crippen LogP contribution in [0.2, 0.25) is 0 Å². The van der Waals surface area contributed by atoms with Gasteiger partial charge in [-0.2, -0.15) is 0 Å². The summed E-state index contributed by atoms with van der Waals surface area (Å²) in [4.78, 5) is 6.71. The Morgan fingerprint density at radius 2 is 2.55 bits per heavy atom. The molecule has 0 unspecified atom stereocenters. The molecule has 11 heavy (non-hydrogen) atoms. The van der Waals surface area contributed by atoms with Crippen LogP contribution in [-0.2, 0) is 0 Å². The molecule has 1 N–H and O–H groups in total. The van der Waals surface area contributed by atoms with Crippen LogP contribution in [-0.4, -0.2) is 19.5 Å². The molecule has 0 amide bonds. The first-order chi connectivity index (χ1) is 5.34. The molecule has 0 aliphatic carbocycles. The summed E-state index contributed by atoms with van der Waals surface area (Å²) in [5.74, 6) is 0. The summed E-state index contributed by atoms with van der Waals surface area (Å²) < 4.78 is 0. The lowest BCUT2D eigenvalue weighted by molar-refractivity contribution is -0.361. The smallest absolute Gasteiger partial charge is 0.167 e. The van der Waals surface area contributed by atoms with Gasteiger partial charge in [0.15, 0.2) is 6.20 Å². The molecule has 0 saturated heterocycles. The Morgan fingerprint density at radius 1 is 1.73 bits per heavy atom. The van der Waals surface area contributed by atoms with Crippen molar-refractivity contribution < 1.29 is 4.99 Å². The lowest BCUT2D eigenvalue weighted by atomic mass is 10.1. The van der Waals surface area contributed by atoms with Gasteiger partial charge in [-0.1, -0.05) is 6.58 Å². The van der Waals surface area contributed by atoms with Crippen molar-refractivity contribution in [3.8, 4) is 0 Å². The van der Waals surface area contributed by atoms with Crippen molar-refractivity contribution in [3.63, 3.8) is 0 Å². The molecule has 56 valence electrons. The van der Waals surface area contributed by atoms with Crippen molar-refractivity contribution in [3.05, 3.63) is 36.1 Å². The van der Waals surface area contributed by atoms with Crippen LogP contribution in [0.4, 0.5) is 0 Å². The van der Waals surface area contributed by atoms with E-state index in [2.05, 4.69) is 23.3 Å². The number of nitrogens with one attached hydrogen (secondary N) is 1. The van der Waals surface area contributed by atoms with Gasteiger partial charge in [-0.25, -0.2) is 4.99 Å². The SMILES string of the molecule is C=[NH+]/C=C\C(=C)C1=CC=NC1. The summed E-state index contributed by atoms with van der Waals surface area (Å²) >= 11 is 0. The molecule has 2 nitrogen and oxygen atoms in total. The second-order valence-electron chi connectivity index (χ2n) is 2.24. The zero-order chi connectivity index (χ0) is 8.10. The lowest BCUT2D eigenvalue weighted by Crippen LogP contribution is -2.57. The van der Waals surface area contributed by atoms with Gasteiger partial charge in [-0.15, -0.1) is 0 Å². The second kappa shape index (κ2) is 3.66. The third-order valence-corrected chi connectivity index (χ3v) is 1.46. The van der Waals surface area contributed by atoms with E-state index in [9.17, 15) is 0 Å². The molecule has 1 aliphatic heterocycles. The van der Waals surface area contributed by atoms with Crippen molar-refractivity contribution in [2.45, 2.75) is 0 Å². The summed E-state index contributed by atoms with van der Waals surface area (Å²) in [6, 6.07) is 0. The zero-order valence-corrected chi connectivity index (χ0v) is 6.38. The van der Waals surface area contributed by atoms with Crippen LogP contribution in [0, 0.1) is 0 Å². The highest BCUT2D eigenvalue weighted by molar-refractivity contribution is 5.77. The summed E-state index contributed by atoms with van der Waals surface area (Å²) in [5, 5.41) is 0. The van der Waals surface area contributed by atoms with E-state index in [0.29, 0.717) is 0 Å². The van der Waals surface area contributed by atoms with Crippen LogP contribution in [0.3, 0.4) is 0 Å². The van der Waals surface area contributed by atoms with Crippen LogP contribution < -0.4 is 4.99 Å². The molecule has 0 atom stereocenters. The average molecular weight is 147 g/mol. The fraction of sp³-hybridized carbons (Fsp3) is 0.111. The van der Waals surface area contributed by atoms with E-state index in [-0.39, 0.29) is 0 Å². The van der Waals surface area contributed by atoms with Gasteiger partial charge in [0.1, 0.15) is 6.72 Å². The lowest BCUT2D eigenvalue weighted by Gasteiger charge is -1.95. The minimum Gasteiger partial charge on any atom is -0.288 e. The van der Waals surface area contributed by atoms with Crippen molar-refractivity contribution in [2.24, 2.45) is 4.99 Å². The normalized spacial score (nSPS) is 15.5. The minimum atomic E-state index is 0.750. The molecule has 1 aliphatic rings. The van der Waals surface area contributed by atoms with E-state index in [1.165, 1.54) is 0 Å². The Morgan fingerprint density at radius 3 is 3.09 bits per heavy atom. The number of nitrogens with zero attached hydrogens (tertiary/aromatic N) is 1. The van der Waals surface area contributed by atoms with E-state index < -0.39 is 0 Å². The van der Waals surface area contributed by atoms with Crippen LogP contribution in [0.5, 0.6) is 0 Å². The van der Waals surface area contributed by atoms with Crippen LogP contribution in [0.1, 0.15) is 0 Å². The highest BCUT2D eigenvalue weighted by atomic mass is 14.7. The maximum Gasteiger partial charge on any atom is 0.167 e. The third-order valence-electron chi connectivity index (χ3n) is 1.46. The second-order valence-corrected chi connectivity index (χ2v) is 2.24. The first kappa shape index (κ1) is 7.66. The molecule has 0 aromatic heterocycles. The van der Waals surface area contributed by atoms with Gasteiger partial charge in [0, 0.05) is 12.3 Å². The topological polar surface area (TPSA) is 26.3 Å². The number of aliphatic imine (C=N–C) groups is 1. The number of rotatable bonds is 3. The van der Waals surface area contributed by atoms with Gasteiger partial charge in [-0.05, 0) is 17.2 Å². The van der Waals surface area contributed by atoms with Gasteiger partial charge < -0.3 is 0 Å². The van der Waals surface area contributed by atoms with Gasteiger partial charge in [0.2, 0.25) is 0 Å². The maximum absolute atomic E-state index is 4.05. The molecule has 0 aromatic carbocycles. The molecule has 2 heteroatoms. The van der Waals surface area contributed by atoms with Crippen molar-refractivity contribution in [2.75, 3.05) is 6.54 Å². The largest absolute Gasteiger partial charge is 0.288 e. The summed E-state index contributed by atoms with van der Waals surface area (Å²) in [6.07, 6.45) is 7.40. The Hall–Kier alpha value is -1.44. The predicted octanol–water partition coefficient (Wildman–Crippen LogP) is -0.152. The summed E-state index contributed by atoms with van der Waals surface area (Å²) in [7, 11) is 0. The predicted molar refractivity (Wildman–Crippen MR) is 47.8 cm³/mol. The number of allylic oxidation sites excluding steroid dienone is 2. The number of hydrogen-bond donors (Lipinski definition) is 1. The fourth-order valence-corrected chi connectivity index (χ4v) is 0.822. The van der Waals surface area contributed by atoms with Crippen LogP contribution in [0.15, 0.2) is 41.1 Å². The molecule has 0 radical (unpaired) electrons. The maximum atomic E-state index is 4.05. The minimum absolute atomic E-state index is 0.750. The fourth-order valence-electron chi connectivity index (χ4n) is 0.822. The highest BCUT2D eigenvalue weighted by Crippen LogP contribution is 2.11. The molecule has 1 rings (SSSR count). The monoisotopic (exact) mass is 147 g/mol. The molecule has 0 spiro atoms. The molecule has 0 fully saturated rings. The van der Waals surface area contributed by atoms with Gasteiger partial charge in [-0.3, -0.25) is 4.99 Å². The van der Waals surface area contributed by atoms with Crippen LogP contribution >= 0.6 is 0 Å². The summed E-state index contributed by atoms with van der Waals surface area (Å²) in [6.45, 7) is 8.08. The van der Waals surface area contributed by atoms with E-state index in [0.717, 1.165) is 17.7 Å². The quantitative estimate of drug-likeness (QED) is 0.424. The number of hydrogen-bond acceptors (Lipinski definition) is 1. The molecule has 0 saturated carbocycles. The molecule has 0 aromatic rings. The average Bonchev–Trinajstić information content (AvgIpc) is 2.52. The van der Waals surface area contributed by atoms with Gasteiger partial charge >= 0.3 is 0 Å². The molecule has 0 bridgehead atoms. The first-order valence-corrected chi connectivity index (χ1v) is 3.42. The molecule has 1 heterocycles. The Balaban J connectivity index is 2.55. The van der Waals surface area contributed by atoms with E-state index in [1.807, 2.05) is 12.2 Å². The molecular weight excluding hydrogens is 136 g/mol. The summed E-state index contributed by atoms with van der Waals surface area (Å²) in [5.41, 5.74) is 2.15. The zero-order valence-electron chi connectivity index (χ0n) is 6.38. The molecular formula is C9H11N2+. The van der Waals surface area contributed by atoms with Crippen molar-refractivity contribution in [1.82, 2.24) is 0 Å². The van der Waals surface area contributed by atoms with E-state index in [4.69, 9.17) is 0 Å². The van der Waals surface area contributed by atoms with Crippen LogP contribution in [0.25, 0.3) is 0 Å². The Labute approximate surface area is 66.4 Å². The Bertz CT molecular complexity index is 257. The van der Waals surface area contributed by atoms with Crippen molar-refractivity contribution >= 4 is 12.9 Å². The van der Waals surface area contributed by atoms with Gasteiger partial charge in [0.05, 0.1) is 6.54 Å². The standard InChI is InChI=1S/C9H10N2/c1-8(3-5-10-2)9-4-6-11-7-9/h3-6H,1-2,7H2/p+1/b5-3-. The third kappa shape index (κ3) is 2.00. The Kier molecular flexibility index (Phi) is 2.55. The first-order valence-electron chi connectivity index (χ1n) is 3.42. The highest BCUT2D eigenvalue weighted by Gasteiger charge is 2.01. The van der Waals surface area contributed by atoms with E-state index in [1.54, 1.807) is 12.4 Å².